The molecule has 1 atom stereocenters. The van der Waals surface area contributed by atoms with Crippen LogP contribution in [-0.4, -0.2) is 30.0 Å². The van der Waals surface area contributed by atoms with Crippen molar-refractivity contribution in [2.24, 2.45) is 0 Å². The largest absolute Gasteiger partial charge is 0.479 e. The number of nitro benzene ring substituents is 1. The maximum Gasteiger partial charge on any atom is 0.321 e. The molecule has 20 heavy (non-hydrogen) atoms. The number of non-ortho nitro benzene ring substituents is 1. The van der Waals surface area contributed by atoms with E-state index in [1.165, 1.54) is 26.1 Å². The van der Waals surface area contributed by atoms with Crippen molar-refractivity contribution in [2.75, 3.05) is 7.05 Å². The van der Waals surface area contributed by atoms with Crippen LogP contribution in [-0.2, 0) is 4.79 Å². The summed E-state index contributed by atoms with van der Waals surface area (Å²) < 4.78 is 5.24. The Morgan fingerprint density at radius 1 is 1.45 bits per heavy atom. The number of ether oxygens (including phenoxy) is 1. The van der Waals surface area contributed by atoms with Crippen LogP contribution < -0.4 is 15.4 Å². The highest BCUT2D eigenvalue weighted by Crippen LogP contribution is 2.29. The van der Waals surface area contributed by atoms with E-state index in [1.807, 2.05) is 5.32 Å². The van der Waals surface area contributed by atoms with Crippen molar-refractivity contribution in [3.05, 3.63) is 33.3 Å². The van der Waals surface area contributed by atoms with Crippen LogP contribution in [0.2, 0.25) is 5.02 Å². The highest BCUT2D eigenvalue weighted by Gasteiger charge is 2.19. The number of carbonyl (C=O) groups excluding carboxylic acids is 2. The van der Waals surface area contributed by atoms with Gasteiger partial charge in [0, 0.05) is 19.2 Å². The van der Waals surface area contributed by atoms with Gasteiger partial charge in [0.2, 0.25) is 0 Å². The number of hydrogen-bond acceptors (Lipinski definition) is 5. The van der Waals surface area contributed by atoms with E-state index in [0.29, 0.717) is 0 Å². The van der Waals surface area contributed by atoms with Crippen LogP contribution in [0.25, 0.3) is 0 Å². The SMILES string of the molecule is CNC(=O)NC(=O)[C@@H](C)Oc1ccc([N+](=O)[O-])cc1Cl. The number of benzene rings is 1. The first kappa shape index (κ1) is 15.7. The van der Waals surface area contributed by atoms with Crippen LogP contribution in [0.3, 0.4) is 0 Å². The van der Waals surface area contributed by atoms with Crippen LogP contribution in [0, 0.1) is 10.1 Å². The van der Waals surface area contributed by atoms with Crippen molar-refractivity contribution >= 4 is 29.2 Å². The lowest BCUT2D eigenvalue weighted by atomic mass is 10.3. The molecule has 1 rings (SSSR count). The van der Waals surface area contributed by atoms with Gasteiger partial charge in [0.15, 0.2) is 6.10 Å². The Balaban J connectivity index is 2.75. The molecule has 1 aromatic rings. The minimum atomic E-state index is -0.994. The zero-order chi connectivity index (χ0) is 15.3. The van der Waals surface area contributed by atoms with Crippen molar-refractivity contribution < 1.29 is 19.2 Å². The fourth-order valence-corrected chi connectivity index (χ4v) is 1.44. The van der Waals surface area contributed by atoms with Crippen molar-refractivity contribution in [1.82, 2.24) is 10.6 Å². The summed E-state index contributed by atoms with van der Waals surface area (Å²) in [7, 11) is 1.36. The molecular formula is C11H12ClN3O5. The van der Waals surface area contributed by atoms with E-state index >= 15 is 0 Å². The zero-order valence-corrected chi connectivity index (χ0v) is 11.4. The van der Waals surface area contributed by atoms with Gasteiger partial charge in [0.1, 0.15) is 5.75 Å². The van der Waals surface area contributed by atoms with Gasteiger partial charge in [-0.25, -0.2) is 4.79 Å². The van der Waals surface area contributed by atoms with Gasteiger partial charge in [-0.15, -0.1) is 0 Å². The third kappa shape index (κ3) is 4.09. The van der Waals surface area contributed by atoms with Crippen LogP contribution >= 0.6 is 11.6 Å². The number of urea groups is 1. The zero-order valence-electron chi connectivity index (χ0n) is 10.7. The molecule has 0 spiro atoms. The van der Waals surface area contributed by atoms with E-state index in [0.717, 1.165) is 6.07 Å². The molecule has 0 fully saturated rings. The van der Waals surface area contributed by atoms with Crippen LogP contribution in [0.15, 0.2) is 18.2 Å². The third-order valence-electron chi connectivity index (χ3n) is 2.26. The molecule has 0 saturated heterocycles. The molecule has 8 nitrogen and oxygen atoms in total. The molecular weight excluding hydrogens is 290 g/mol. The van der Waals surface area contributed by atoms with Crippen molar-refractivity contribution in [2.45, 2.75) is 13.0 Å². The molecule has 0 unspecified atom stereocenters. The maximum absolute atomic E-state index is 11.6. The molecule has 3 amide bonds. The van der Waals surface area contributed by atoms with Gasteiger partial charge in [-0.1, -0.05) is 11.6 Å². The highest BCUT2D eigenvalue weighted by molar-refractivity contribution is 6.32. The second-order valence-electron chi connectivity index (χ2n) is 3.70. The summed E-state index contributed by atoms with van der Waals surface area (Å²) in [5, 5.41) is 14.8. The topological polar surface area (TPSA) is 111 Å². The summed E-state index contributed by atoms with van der Waals surface area (Å²) in [6.45, 7) is 1.41. The Labute approximate surface area is 119 Å². The minimum absolute atomic E-state index is 0.00112. The number of rotatable bonds is 4. The molecule has 0 aliphatic rings. The van der Waals surface area contributed by atoms with Gasteiger partial charge in [-0.05, 0) is 13.0 Å². The molecule has 0 aliphatic heterocycles. The van der Waals surface area contributed by atoms with E-state index in [1.54, 1.807) is 0 Å². The summed E-state index contributed by atoms with van der Waals surface area (Å²) in [6.07, 6.45) is -0.994. The quantitative estimate of drug-likeness (QED) is 0.646. The van der Waals surface area contributed by atoms with E-state index in [4.69, 9.17) is 16.3 Å². The molecule has 0 bridgehead atoms. The van der Waals surface area contributed by atoms with Crippen LogP contribution in [0.4, 0.5) is 10.5 Å². The minimum Gasteiger partial charge on any atom is -0.479 e. The first-order valence-corrected chi connectivity index (χ1v) is 5.86. The second kappa shape index (κ2) is 6.71. The first-order chi connectivity index (χ1) is 9.35. The van der Waals surface area contributed by atoms with Gasteiger partial charge < -0.3 is 10.1 Å². The van der Waals surface area contributed by atoms with Crippen molar-refractivity contribution in [3.8, 4) is 5.75 Å². The van der Waals surface area contributed by atoms with Gasteiger partial charge in [0.25, 0.3) is 11.6 Å². The number of nitrogens with zero attached hydrogens (tertiary/aromatic N) is 1. The van der Waals surface area contributed by atoms with Crippen LogP contribution in [0.1, 0.15) is 6.92 Å². The molecule has 9 heteroatoms. The lowest BCUT2D eigenvalue weighted by molar-refractivity contribution is -0.384. The Morgan fingerprint density at radius 2 is 2.10 bits per heavy atom. The van der Waals surface area contributed by atoms with Crippen molar-refractivity contribution in [1.29, 1.82) is 0 Å². The average Bonchev–Trinajstić information content (AvgIpc) is 2.40. The highest BCUT2D eigenvalue weighted by atomic mass is 35.5. The maximum atomic E-state index is 11.6. The Morgan fingerprint density at radius 3 is 2.60 bits per heavy atom. The third-order valence-corrected chi connectivity index (χ3v) is 2.56. The van der Waals surface area contributed by atoms with E-state index in [-0.39, 0.29) is 16.5 Å². The number of carbonyl (C=O) groups is 2. The Kier molecular flexibility index (Phi) is 5.27. The normalized spacial score (nSPS) is 11.3. The average molecular weight is 302 g/mol. The van der Waals surface area contributed by atoms with E-state index < -0.39 is 23.0 Å². The first-order valence-electron chi connectivity index (χ1n) is 5.48. The number of nitro groups is 1. The lowest BCUT2D eigenvalue weighted by Gasteiger charge is -2.14. The number of imide groups is 1. The van der Waals surface area contributed by atoms with E-state index in [2.05, 4.69) is 5.32 Å². The van der Waals surface area contributed by atoms with Gasteiger partial charge in [0.05, 0.1) is 9.95 Å². The molecule has 0 radical (unpaired) electrons. The van der Waals surface area contributed by atoms with Crippen LogP contribution in [0.5, 0.6) is 5.75 Å². The molecule has 0 saturated carbocycles. The molecule has 0 heterocycles. The van der Waals surface area contributed by atoms with Gasteiger partial charge in [-0.2, -0.15) is 0 Å². The fraction of sp³-hybridized carbons (Fsp3) is 0.273. The summed E-state index contributed by atoms with van der Waals surface area (Å²) >= 11 is 5.81. The molecule has 2 N–H and O–H groups in total. The predicted molar refractivity (Wildman–Crippen MR) is 70.8 cm³/mol. The summed E-state index contributed by atoms with van der Waals surface area (Å²) in [5.74, 6) is -0.560. The predicted octanol–water partition coefficient (Wildman–Crippen LogP) is 1.47. The monoisotopic (exact) mass is 301 g/mol. The molecule has 108 valence electrons. The summed E-state index contributed by atoms with van der Waals surface area (Å²) in [6, 6.07) is 2.93. The van der Waals surface area contributed by atoms with Gasteiger partial charge >= 0.3 is 6.03 Å². The number of nitrogens with one attached hydrogen (secondary N) is 2. The van der Waals surface area contributed by atoms with Gasteiger partial charge in [-0.3, -0.25) is 20.2 Å². The fourth-order valence-electron chi connectivity index (χ4n) is 1.22. The molecule has 0 aliphatic carbocycles. The summed E-state index contributed by atoms with van der Waals surface area (Å²) in [4.78, 5) is 32.5. The van der Waals surface area contributed by atoms with E-state index in [9.17, 15) is 19.7 Å². The summed E-state index contributed by atoms with van der Waals surface area (Å²) in [5.41, 5.74) is -0.190. The standard InChI is InChI=1S/C11H12ClN3O5/c1-6(10(16)14-11(17)13-2)20-9-4-3-7(15(18)19)5-8(9)12/h3-6H,1-2H3,(H2,13,14,16,17)/t6-/m1/s1. The Hall–Kier alpha value is -2.35. The number of halogens is 1. The smallest absolute Gasteiger partial charge is 0.321 e. The van der Waals surface area contributed by atoms with Crippen molar-refractivity contribution in [3.63, 3.8) is 0 Å². The lowest BCUT2D eigenvalue weighted by Crippen LogP contribution is -2.43. The number of hydrogen-bond donors (Lipinski definition) is 2. The molecule has 1 aromatic carbocycles. The molecule has 0 aromatic heterocycles. The second-order valence-corrected chi connectivity index (χ2v) is 4.11. The Bertz CT molecular complexity index is 549. The number of amides is 3.